The Balaban J connectivity index is 1.47. The van der Waals surface area contributed by atoms with Crippen LogP contribution in [0.3, 0.4) is 0 Å². The van der Waals surface area contributed by atoms with E-state index in [0.29, 0.717) is 11.3 Å². The van der Waals surface area contributed by atoms with Crippen LogP contribution in [0.15, 0.2) is 42.5 Å². The lowest BCUT2D eigenvalue weighted by atomic mass is 9.98. The fourth-order valence-electron chi connectivity index (χ4n) is 3.97. The molecule has 2 N–H and O–H groups in total. The van der Waals surface area contributed by atoms with Crippen LogP contribution in [0.2, 0.25) is 0 Å². The van der Waals surface area contributed by atoms with Crippen LogP contribution in [-0.4, -0.2) is 60.9 Å². The Labute approximate surface area is 180 Å². The van der Waals surface area contributed by atoms with Crippen molar-refractivity contribution in [1.82, 2.24) is 10.2 Å². The minimum Gasteiger partial charge on any atom is -0.442 e. The van der Waals surface area contributed by atoms with Crippen molar-refractivity contribution in [2.75, 3.05) is 37.7 Å². The molecule has 2 aromatic carbocycles. The van der Waals surface area contributed by atoms with Crippen molar-refractivity contribution in [3.8, 4) is 11.1 Å². The standard InChI is InChI=1S/C23H26FN3O4/c1-15(29)25-12-19-13-27(23(30)31-19)18-7-8-20(21(24)11-18)16-3-5-17(6-4-16)22(14-28)26-9-2-10-26/h3-8,11,19,22,28H,2,9-10,12-14H2,1H3,(H,25,29)/t19-,22-/m0/s1. The van der Waals surface area contributed by atoms with Gasteiger partial charge in [0.05, 0.1) is 31.4 Å². The molecule has 0 bridgehead atoms. The van der Waals surface area contributed by atoms with E-state index in [1.807, 2.05) is 24.3 Å². The first kappa shape index (κ1) is 21.3. The van der Waals surface area contributed by atoms with Gasteiger partial charge in [0.15, 0.2) is 0 Å². The van der Waals surface area contributed by atoms with Gasteiger partial charge in [0.2, 0.25) is 5.91 Å². The number of carbonyl (C=O) groups is 2. The molecule has 0 saturated carbocycles. The summed E-state index contributed by atoms with van der Waals surface area (Å²) in [6.07, 6.45) is 0.107. The van der Waals surface area contributed by atoms with Gasteiger partial charge in [-0.3, -0.25) is 14.6 Å². The van der Waals surface area contributed by atoms with Crippen LogP contribution in [0.4, 0.5) is 14.9 Å². The molecule has 0 aliphatic carbocycles. The third-order valence-electron chi connectivity index (χ3n) is 5.83. The van der Waals surface area contributed by atoms with Crippen LogP contribution in [0.1, 0.15) is 24.9 Å². The number of nitrogens with one attached hydrogen (secondary N) is 1. The lowest BCUT2D eigenvalue weighted by Gasteiger charge is -2.37. The van der Waals surface area contributed by atoms with Crippen molar-refractivity contribution in [3.05, 3.63) is 53.8 Å². The number of nitrogens with zero attached hydrogens (tertiary/aromatic N) is 2. The molecule has 2 atom stereocenters. The summed E-state index contributed by atoms with van der Waals surface area (Å²) < 4.78 is 20.1. The summed E-state index contributed by atoms with van der Waals surface area (Å²) in [7, 11) is 0. The molecule has 2 heterocycles. The van der Waals surface area contributed by atoms with Crippen LogP contribution in [0.25, 0.3) is 11.1 Å². The number of anilines is 1. The average Bonchev–Trinajstić information content (AvgIpc) is 3.10. The Kier molecular flexibility index (Phi) is 6.20. The number of carbonyl (C=O) groups excluding carboxylic acids is 2. The lowest BCUT2D eigenvalue weighted by molar-refractivity contribution is -0.119. The number of benzene rings is 2. The number of hydrogen-bond acceptors (Lipinski definition) is 5. The average molecular weight is 427 g/mol. The molecule has 2 saturated heterocycles. The summed E-state index contributed by atoms with van der Waals surface area (Å²) in [5.41, 5.74) is 2.57. The van der Waals surface area contributed by atoms with E-state index in [9.17, 15) is 19.1 Å². The summed E-state index contributed by atoms with van der Waals surface area (Å²) in [6.45, 7) is 3.87. The van der Waals surface area contributed by atoms with E-state index in [1.54, 1.807) is 12.1 Å². The number of rotatable bonds is 7. The molecule has 164 valence electrons. The van der Waals surface area contributed by atoms with E-state index in [-0.39, 0.29) is 31.6 Å². The molecule has 0 aromatic heterocycles. The van der Waals surface area contributed by atoms with E-state index >= 15 is 0 Å². The molecule has 0 unspecified atom stereocenters. The number of aliphatic hydroxyl groups is 1. The third-order valence-corrected chi connectivity index (χ3v) is 5.83. The quantitative estimate of drug-likeness (QED) is 0.710. The normalized spacial score (nSPS) is 19.6. The first-order chi connectivity index (χ1) is 15.0. The molecule has 2 fully saturated rings. The number of halogens is 1. The van der Waals surface area contributed by atoms with E-state index in [4.69, 9.17) is 4.74 Å². The summed E-state index contributed by atoms with van der Waals surface area (Å²) in [6, 6.07) is 12.2. The molecule has 7 nitrogen and oxygen atoms in total. The van der Waals surface area contributed by atoms with Gasteiger partial charge in [0, 0.05) is 25.6 Å². The van der Waals surface area contributed by atoms with Gasteiger partial charge in [-0.25, -0.2) is 9.18 Å². The van der Waals surface area contributed by atoms with Gasteiger partial charge in [-0.15, -0.1) is 0 Å². The molecule has 8 heteroatoms. The van der Waals surface area contributed by atoms with Crippen molar-refractivity contribution in [2.24, 2.45) is 0 Å². The Morgan fingerprint density at radius 2 is 2.00 bits per heavy atom. The first-order valence-electron chi connectivity index (χ1n) is 10.4. The number of aliphatic hydroxyl groups excluding tert-OH is 1. The van der Waals surface area contributed by atoms with Crippen LogP contribution >= 0.6 is 0 Å². The van der Waals surface area contributed by atoms with Crippen molar-refractivity contribution < 1.29 is 23.8 Å². The highest BCUT2D eigenvalue weighted by Gasteiger charge is 2.32. The summed E-state index contributed by atoms with van der Waals surface area (Å²) in [5.74, 6) is -0.643. The van der Waals surface area contributed by atoms with Gasteiger partial charge in [-0.2, -0.15) is 0 Å². The minimum atomic E-state index is -0.562. The number of cyclic esters (lactones) is 1. The monoisotopic (exact) mass is 427 g/mol. The van der Waals surface area contributed by atoms with E-state index in [1.165, 1.54) is 17.9 Å². The van der Waals surface area contributed by atoms with Crippen molar-refractivity contribution >= 4 is 17.7 Å². The van der Waals surface area contributed by atoms with Gasteiger partial charge in [0.1, 0.15) is 11.9 Å². The van der Waals surface area contributed by atoms with Crippen molar-refractivity contribution in [2.45, 2.75) is 25.5 Å². The van der Waals surface area contributed by atoms with Gasteiger partial charge in [-0.1, -0.05) is 24.3 Å². The zero-order chi connectivity index (χ0) is 22.0. The van der Waals surface area contributed by atoms with Crippen molar-refractivity contribution in [3.63, 3.8) is 0 Å². The highest BCUT2D eigenvalue weighted by Crippen LogP contribution is 2.31. The molecule has 31 heavy (non-hydrogen) atoms. The topological polar surface area (TPSA) is 82.1 Å². The predicted molar refractivity (Wildman–Crippen MR) is 114 cm³/mol. The van der Waals surface area contributed by atoms with Crippen LogP contribution in [-0.2, 0) is 9.53 Å². The second-order valence-electron chi connectivity index (χ2n) is 7.93. The second kappa shape index (κ2) is 9.03. The Morgan fingerprint density at radius 3 is 2.58 bits per heavy atom. The Hall–Kier alpha value is -2.97. The van der Waals surface area contributed by atoms with Gasteiger partial charge >= 0.3 is 6.09 Å². The van der Waals surface area contributed by atoms with E-state index < -0.39 is 18.0 Å². The zero-order valence-corrected chi connectivity index (χ0v) is 17.4. The fraction of sp³-hybridized carbons (Fsp3) is 0.391. The number of likely N-dealkylation sites (tertiary alicyclic amines) is 1. The predicted octanol–water partition coefficient (Wildman–Crippen LogP) is 2.69. The largest absolute Gasteiger partial charge is 0.442 e. The minimum absolute atomic E-state index is 0.0263. The number of amides is 2. The molecule has 2 aliphatic rings. The SMILES string of the molecule is CC(=O)NC[C@H]1CN(c2ccc(-c3ccc([C@H](CO)N4CCC4)cc3)c(F)c2)C(=O)O1. The molecule has 2 amide bonds. The molecule has 0 spiro atoms. The maximum Gasteiger partial charge on any atom is 0.414 e. The second-order valence-corrected chi connectivity index (χ2v) is 7.93. The van der Waals surface area contributed by atoms with E-state index in [0.717, 1.165) is 30.6 Å². The van der Waals surface area contributed by atoms with Crippen LogP contribution in [0, 0.1) is 5.82 Å². The third kappa shape index (κ3) is 4.55. The lowest BCUT2D eigenvalue weighted by Crippen LogP contribution is -2.41. The molecule has 2 aromatic rings. The highest BCUT2D eigenvalue weighted by molar-refractivity contribution is 5.90. The molecule has 0 radical (unpaired) electrons. The Morgan fingerprint density at radius 1 is 1.26 bits per heavy atom. The Bertz CT molecular complexity index is 962. The van der Waals surface area contributed by atoms with Crippen LogP contribution in [0.5, 0.6) is 0 Å². The smallest absolute Gasteiger partial charge is 0.414 e. The number of hydrogen-bond donors (Lipinski definition) is 2. The zero-order valence-electron chi connectivity index (χ0n) is 17.4. The fourth-order valence-corrected chi connectivity index (χ4v) is 3.97. The summed E-state index contributed by atoms with van der Waals surface area (Å²) in [4.78, 5) is 26.8. The maximum atomic E-state index is 14.9. The van der Waals surface area contributed by atoms with Gasteiger partial charge in [-0.05, 0) is 35.7 Å². The van der Waals surface area contributed by atoms with Gasteiger partial charge in [0.25, 0.3) is 0 Å². The molecular weight excluding hydrogens is 401 g/mol. The molecular formula is C23H26FN3O4. The van der Waals surface area contributed by atoms with Crippen LogP contribution < -0.4 is 10.2 Å². The summed E-state index contributed by atoms with van der Waals surface area (Å²) >= 11 is 0. The number of ether oxygens (including phenoxy) is 1. The van der Waals surface area contributed by atoms with Crippen molar-refractivity contribution in [1.29, 1.82) is 0 Å². The van der Waals surface area contributed by atoms with E-state index in [2.05, 4.69) is 10.2 Å². The maximum absolute atomic E-state index is 14.9. The molecule has 4 rings (SSSR count). The van der Waals surface area contributed by atoms with Gasteiger partial charge < -0.3 is 15.2 Å². The highest BCUT2D eigenvalue weighted by atomic mass is 19.1. The molecule has 2 aliphatic heterocycles. The first-order valence-corrected chi connectivity index (χ1v) is 10.4. The summed E-state index contributed by atoms with van der Waals surface area (Å²) in [5, 5.41) is 12.3.